The standard InChI is InChI=1S/C11H18O/c1-3-9-12-11-8-6-5-7-10(11)4-2/h3-4,10-11H,1-2,5-9H2/t10-,11-/m0/s1. The second-order valence-corrected chi connectivity index (χ2v) is 3.34. The van der Waals surface area contributed by atoms with Crippen LogP contribution in [0.5, 0.6) is 0 Å². The predicted molar refractivity (Wildman–Crippen MR) is 52.1 cm³/mol. The maximum absolute atomic E-state index is 5.65. The first-order valence-corrected chi connectivity index (χ1v) is 4.73. The third-order valence-corrected chi connectivity index (χ3v) is 2.48. The van der Waals surface area contributed by atoms with Crippen LogP contribution in [0.15, 0.2) is 25.3 Å². The maximum atomic E-state index is 5.65. The SMILES string of the molecule is C=CCO[C@H]1CCCC[C@@H]1C=C. The van der Waals surface area contributed by atoms with E-state index < -0.39 is 0 Å². The van der Waals surface area contributed by atoms with Crippen LogP contribution in [0.3, 0.4) is 0 Å². The maximum Gasteiger partial charge on any atom is 0.0648 e. The van der Waals surface area contributed by atoms with Crippen LogP contribution >= 0.6 is 0 Å². The molecule has 0 spiro atoms. The second kappa shape index (κ2) is 5.15. The molecule has 0 N–H and O–H groups in total. The highest BCUT2D eigenvalue weighted by Crippen LogP contribution is 2.27. The van der Waals surface area contributed by atoms with Crippen LogP contribution in [0, 0.1) is 5.92 Å². The van der Waals surface area contributed by atoms with E-state index in [1.807, 2.05) is 12.2 Å². The number of rotatable bonds is 4. The summed E-state index contributed by atoms with van der Waals surface area (Å²) >= 11 is 0. The van der Waals surface area contributed by atoms with Gasteiger partial charge in [0.05, 0.1) is 12.7 Å². The average molecular weight is 166 g/mol. The zero-order valence-electron chi connectivity index (χ0n) is 7.67. The first-order chi connectivity index (χ1) is 5.88. The van der Waals surface area contributed by atoms with Gasteiger partial charge in [-0.1, -0.05) is 25.0 Å². The van der Waals surface area contributed by atoms with Crippen LogP contribution in [0.1, 0.15) is 25.7 Å². The first kappa shape index (κ1) is 9.53. The average Bonchev–Trinajstić information content (AvgIpc) is 2.15. The van der Waals surface area contributed by atoms with Crippen molar-refractivity contribution in [2.24, 2.45) is 5.92 Å². The minimum Gasteiger partial charge on any atom is -0.374 e. The molecular formula is C11H18O. The second-order valence-electron chi connectivity index (χ2n) is 3.34. The third-order valence-electron chi connectivity index (χ3n) is 2.48. The van der Waals surface area contributed by atoms with Gasteiger partial charge in [0, 0.05) is 5.92 Å². The molecule has 0 aromatic heterocycles. The molecule has 12 heavy (non-hydrogen) atoms. The van der Waals surface area contributed by atoms with E-state index in [9.17, 15) is 0 Å². The first-order valence-electron chi connectivity index (χ1n) is 4.73. The van der Waals surface area contributed by atoms with Crippen molar-refractivity contribution in [1.82, 2.24) is 0 Å². The van der Waals surface area contributed by atoms with E-state index in [0.717, 1.165) is 0 Å². The highest BCUT2D eigenvalue weighted by Gasteiger charge is 2.22. The number of ether oxygens (including phenoxy) is 1. The van der Waals surface area contributed by atoms with Gasteiger partial charge in [-0.15, -0.1) is 13.2 Å². The summed E-state index contributed by atoms with van der Waals surface area (Å²) in [7, 11) is 0. The van der Waals surface area contributed by atoms with E-state index in [1.165, 1.54) is 25.7 Å². The molecule has 0 aromatic carbocycles. The quantitative estimate of drug-likeness (QED) is 0.583. The van der Waals surface area contributed by atoms with Crippen LogP contribution in [0.4, 0.5) is 0 Å². The van der Waals surface area contributed by atoms with Gasteiger partial charge in [0.1, 0.15) is 0 Å². The minimum absolute atomic E-state index is 0.397. The fraction of sp³-hybridized carbons (Fsp3) is 0.636. The van der Waals surface area contributed by atoms with E-state index in [1.54, 1.807) is 0 Å². The van der Waals surface area contributed by atoms with Gasteiger partial charge >= 0.3 is 0 Å². The zero-order chi connectivity index (χ0) is 8.81. The highest BCUT2D eigenvalue weighted by atomic mass is 16.5. The Morgan fingerprint density at radius 3 is 2.67 bits per heavy atom. The molecule has 0 aromatic rings. The van der Waals surface area contributed by atoms with Gasteiger partial charge in [-0.2, -0.15) is 0 Å². The predicted octanol–water partition coefficient (Wildman–Crippen LogP) is 2.93. The summed E-state index contributed by atoms with van der Waals surface area (Å²) in [5.41, 5.74) is 0. The van der Waals surface area contributed by atoms with Crippen molar-refractivity contribution in [1.29, 1.82) is 0 Å². The summed E-state index contributed by atoms with van der Waals surface area (Å²) in [4.78, 5) is 0. The largest absolute Gasteiger partial charge is 0.374 e. The molecule has 0 aliphatic heterocycles. The van der Waals surface area contributed by atoms with Crippen LogP contribution in [-0.4, -0.2) is 12.7 Å². The fourth-order valence-corrected chi connectivity index (χ4v) is 1.79. The lowest BCUT2D eigenvalue weighted by Gasteiger charge is -2.28. The van der Waals surface area contributed by atoms with Gasteiger partial charge in [0.15, 0.2) is 0 Å². The molecule has 0 amide bonds. The van der Waals surface area contributed by atoms with Gasteiger partial charge in [-0.05, 0) is 12.8 Å². The summed E-state index contributed by atoms with van der Waals surface area (Å²) in [6.07, 6.45) is 9.29. The van der Waals surface area contributed by atoms with E-state index in [-0.39, 0.29) is 0 Å². The Balaban J connectivity index is 2.35. The van der Waals surface area contributed by atoms with Gasteiger partial charge in [0.25, 0.3) is 0 Å². The molecule has 1 saturated carbocycles. The molecular weight excluding hydrogens is 148 g/mol. The molecule has 0 saturated heterocycles. The lowest BCUT2D eigenvalue weighted by molar-refractivity contribution is 0.0200. The van der Waals surface area contributed by atoms with Crippen molar-refractivity contribution in [2.75, 3.05) is 6.61 Å². The molecule has 0 heterocycles. The third kappa shape index (κ3) is 2.49. The molecule has 1 fully saturated rings. The summed E-state index contributed by atoms with van der Waals surface area (Å²) in [5, 5.41) is 0. The van der Waals surface area contributed by atoms with Crippen molar-refractivity contribution in [3.8, 4) is 0 Å². The molecule has 68 valence electrons. The van der Waals surface area contributed by atoms with Crippen molar-refractivity contribution < 1.29 is 4.74 Å². The summed E-state index contributed by atoms with van der Waals surface area (Å²) in [6.45, 7) is 8.16. The summed E-state index contributed by atoms with van der Waals surface area (Å²) in [6, 6.07) is 0. The molecule has 1 heteroatoms. The van der Waals surface area contributed by atoms with Gasteiger partial charge < -0.3 is 4.74 Å². The Labute approximate surface area is 75.1 Å². The highest BCUT2D eigenvalue weighted by molar-refractivity contribution is 4.88. The number of hydrogen-bond acceptors (Lipinski definition) is 1. The lowest BCUT2D eigenvalue weighted by atomic mass is 9.86. The summed E-state index contributed by atoms with van der Waals surface area (Å²) < 4.78 is 5.65. The van der Waals surface area contributed by atoms with E-state index >= 15 is 0 Å². The molecule has 0 unspecified atom stereocenters. The van der Waals surface area contributed by atoms with Crippen LogP contribution < -0.4 is 0 Å². The van der Waals surface area contributed by atoms with Gasteiger partial charge in [0.2, 0.25) is 0 Å². The van der Waals surface area contributed by atoms with Crippen molar-refractivity contribution >= 4 is 0 Å². The van der Waals surface area contributed by atoms with Gasteiger partial charge in [-0.25, -0.2) is 0 Å². The Kier molecular flexibility index (Phi) is 4.09. The zero-order valence-corrected chi connectivity index (χ0v) is 7.67. The van der Waals surface area contributed by atoms with Crippen LogP contribution in [-0.2, 0) is 4.74 Å². The smallest absolute Gasteiger partial charge is 0.0648 e. The Morgan fingerprint density at radius 1 is 1.25 bits per heavy atom. The normalized spacial score (nSPS) is 29.7. The molecule has 1 rings (SSSR count). The summed E-state index contributed by atoms with van der Waals surface area (Å²) in [5.74, 6) is 0.568. The van der Waals surface area contributed by atoms with E-state index in [4.69, 9.17) is 4.74 Å². The Hall–Kier alpha value is -0.560. The van der Waals surface area contributed by atoms with Crippen LogP contribution in [0.2, 0.25) is 0 Å². The van der Waals surface area contributed by atoms with Crippen LogP contribution in [0.25, 0.3) is 0 Å². The Morgan fingerprint density at radius 2 is 2.00 bits per heavy atom. The fourth-order valence-electron chi connectivity index (χ4n) is 1.79. The van der Waals surface area contributed by atoms with Crippen molar-refractivity contribution in [3.63, 3.8) is 0 Å². The molecule has 0 radical (unpaired) electrons. The van der Waals surface area contributed by atoms with E-state index in [0.29, 0.717) is 18.6 Å². The molecule has 1 aliphatic rings. The monoisotopic (exact) mass is 166 g/mol. The Bertz CT molecular complexity index is 151. The van der Waals surface area contributed by atoms with E-state index in [2.05, 4.69) is 13.2 Å². The lowest BCUT2D eigenvalue weighted by Crippen LogP contribution is -2.26. The molecule has 1 aliphatic carbocycles. The van der Waals surface area contributed by atoms with Gasteiger partial charge in [-0.3, -0.25) is 0 Å². The van der Waals surface area contributed by atoms with Crippen molar-refractivity contribution in [3.05, 3.63) is 25.3 Å². The topological polar surface area (TPSA) is 9.23 Å². The molecule has 2 atom stereocenters. The minimum atomic E-state index is 0.397. The van der Waals surface area contributed by atoms with Crippen molar-refractivity contribution in [2.45, 2.75) is 31.8 Å². The molecule has 1 nitrogen and oxygen atoms in total. The molecule has 0 bridgehead atoms. The number of hydrogen-bond donors (Lipinski definition) is 0.